The van der Waals surface area contributed by atoms with Gasteiger partial charge >= 0.3 is 5.97 Å². The summed E-state index contributed by atoms with van der Waals surface area (Å²) in [6.45, 7) is 5.11. The normalized spacial score (nSPS) is 22.5. The highest BCUT2D eigenvalue weighted by Gasteiger charge is 2.45. The lowest BCUT2D eigenvalue weighted by Crippen LogP contribution is -2.45. The average Bonchev–Trinajstić information content (AvgIpc) is 2.65. The first-order valence-electron chi connectivity index (χ1n) is 5.98. The number of rotatable bonds is 2. The molecule has 0 N–H and O–H groups in total. The minimum absolute atomic E-state index is 0.0484. The minimum atomic E-state index is -0.186. The Kier molecular flexibility index (Phi) is 3.09. The predicted octanol–water partition coefficient (Wildman–Crippen LogP) is 2.46. The summed E-state index contributed by atoms with van der Waals surface area (Å²) in [6.07, 6.45) is 0.856. The van der Waals surface area contributed by atoms with Crippen molar-refractivity contribution in [2.45, 2.75) is 25.8 Å². The van der Waals surface area contributed by atoms with E-state index in [0.29, 0.717) is 0 Å². The maximum absolute atomic E-state index is 11.8. The van der Waals surface area contributed by atoms with Gasteiger partial charge in [-0.2, -0.15) is 0 Å². The van der Waals surface area contributed by atoms with Crippen LogP contribution in [0.5, 0.6) is 0 Å². The van der Waals surface area contributed by atoms with Crippen LogP contribution in [0.3, 0.4) is 0 Å². The van der Waals surface area contributed by atoms with Crippen LogP contribution in [0.1, 0.15) is 20.3 Å². The number of carbonyl (C=O) groups excluding carboxylic acids is 1. The lowest BCUT2D eigenvalue weighted by atomic mass is 9.88. The number of esters is 1. The number of para-hydroxylation sites is 1. The Hall–Kier alpha value is -1.51. The summed E-state index contributed by atoms with van der Waals surface area (Å²) in [6, 6.07) is 10.2. The largest absolute Gasteiger partial charge is 0.469 e. The van der Waals surface area contributed by atoms with Crippen molar-refractivity contribution in [3.8, 4) is 0 Å². The quantitative estimate of drug-likeness (QED) is 0.735. The van der Waals surface area contributed by atoms with Crippen molar-refractivity contribution in [2.24, 2.45) is 5.92 Å². The molecule has 92 valence electrons. The molecule has 0 saturated carbocycles. The van der Waals surface area contributed by atoms with Crippen LogP contribution in [0.15, 0.2) is 30.3 Å². The van der Waals surface area contributed by atoms with Gasteiger partial charge in [0, 0.05) is 17.8 Å². The monoisotopic (exact) mass is 233 g/mol. The van der Waals surface area contributed by atoms with Crippen molar-refractivity contribution < 1.29 is 9.53 Å². The Morgan fingerprint density at radius 3 is 2.59 bits per heavy atom. The first-order chi connectivity index (χ1) is 8.07. The van der Waals surface area contributed by atoms with Crippen molar-refractivity contribution in [3.63, 3.8) is 0 Å². The lowest BCUT2D eigenvalue weighted by Gasteiger charge is -2.36. The molecular weight excluding hydrogens is 214 g/mol. The zero-order valence-electron chi connectivity index (χ0n) is 10.6. The van der Waals surface area contributed by atoms with Gasteiger partial charge in [-0.1, -0.05) is 18.2 Å². The van der Waals surface area contributed by atoms with Crippen LogP contribution < -0.4 is 4.90 Å². The van der Waals surface area contributed by atoms with Gasteiger partial charge in [0.2, 0.25) is 0 Å². The van der Waals surface area contributed by atoms with Crippen molar-refractivity contribution in [1.29, 1.82) is 0 Å². The Bertz CT molecular complexity index is 400. The summed E-state index contributed by atoms with van der Waals surface area (Å²) < 4.78 is 4.89. The summed E-state index contributed by atoms with van der Waals surface area (Å²) in [5, 5.41) is 0. The molecule has 0 amide bonds. The van der Waals surface area contributed by atoms with Crippen LogP contribution >= 0.6 is 0 Å². The van der Waals surface area contributed by atoms with E-state index in [1.807, 2.05) is 18.2 Å². The van der Waals surface area contributed by atoms with Gasteiger partial charge in [-0.25, -0.2) is 0 Å². The van der Waals surface area contributed by atoms with E-state index in [1.165, 1.54) is 12.8 Å². The topological polar surface area (TPSA) is 29.5 Å². The minimum Gasteiger partial charge on any atom is -0.469 e. The predicted molar refractivity (Wildman–Crippen MR) is 68.0 cm³/mol. The standard InChI is InChI=1S/C14H19NO2/c1-14(2)12(13(16)17-3)9-10-15(14)11-7-5-4-6-8-11/h4-8,12H,9-10H2,1-3H3. The molecule has 1 fully saturated rings. The zero-order chi connectivity index (χ0) is 12.5. The first kappa shape index (κ1) is 12.0. The molecule has 2 rings (SSSR count). The highest BCUT2D eigenvalue weighted by atomic mass is 16.5. The molecule has 0 radical (unpaired) electrons. The molecule has 0 bridgehead atoms. The summed E-state index contributed by atoms with van der Waals surface area (Å²) in [4.78, 5) is 14.0. The molecule has 0 aliphatic carbocycles. The Morgan fingerprint density at radius 1 is 1.35 bits per heavy atom. The second kappa shape index (κ2) is 4.40. The number of carbonyl (C=O) groups is 1. The molecule has 3 heteroatoms. The highest BCUT2D eigenvalue weighted by Crippen LogP contribution is 2.38. The van der Waals surface area contributed by atoms with Crippen LogP contribution in [0, 0.1) is 5.92 Å². The maximum Gasteiger partial charge on any atom is 0.311 e. The fraction of sp³-hybridized carbons (Fsp3) is 0.500. The van der Waals surface area contributed by atoms with Gasteiger partial charge in [0.05, 0.1) is 13.0 Å². The molecule has 1 aromatic carbocycles. The van der Waals surface area contributed by atoms with Crippen LogP contribution in [0.2, 0.25) is 0 Å². The van der Waals surface area contributed by atoms with E-state index in [9.17, 15) is 4.79 Å². The van der Waals surface area contributed by atoms with Crippen molar-refractivity contribution in [2.75, 3.05) is 18.6 Å². The number of hydrogen-bond acceptors (Lipinski definition) is 3. The van der Waals surface area contributed by atoms with E-state index in [1.54, 1.807) is 0 Å². The van der Waals surface area contributed by atoms with E-state index in [4.69, 9.17) is 4.74 Å². The fourth-order valence-corrected chi connectivity index (χ4v) is 2.71. The fourth-order valence-electron chi connectivity index (χ4n) is 2.71. The van der Waals surface area contributed by atoms with E-state index in [2.05, 4.69) is 30.9 Å². The van der Waals surface area contributed by atoms with E-state index < -0.39 is 0 Å². The molecule has 0 aromatic heterocycles. The van der Waals surface area contributed by atoms with Gasteiger partial charge in [-0.15, -0.1) is 0 Å². The first-order valence-corrected chi connectivity index (χ1v) is 5.98. The van der Waals surface area contributed by atoms with Gasteiger partial charge in [0.25, 0.3) is 0 Å². The van der Waals surface area contributed by atoms with Crippen LogP contribution in [0.4, 0.5) is 5.69 Å². The molecule has 1 saturated heterocycles. The molecule has 1 heterocycles. The maximum atomic E-state index is 11.8. The van der Waals surface area contributed by atoms with Crippen LogP contribution in [-0.2, 0) is 9.53 Å². The van der Waals surface area contributed by atoms with E-state index in [-0.39, 0.29) is 17.4 Å². The van der Waals surface area contributed by atoms with Crippen molar-refractivity contribution >= 4 is 11.7 Å². The second-order valence-corrected chi connectivity index (χ2v) is 5.01. The molecule has 3 nitrogen and oxygen atoms in total. The Labute approximate surface area is 102 Å². The highest BCUT2D eigenvalue weighted by molar-refractivity contribution is 5.76. The summed E-state index contributed by atoms with van der Waals surface area (Å²) in [5.41, 5.74) is 0.984. The van der Waals surface area contributed by atoms with E-state index >= 15 is 0 Å². The number of hydrogen-bond donors (Lipinski definition) is 0. The molecule has 1 atom stereocenters. The van der Waals surface area contributed by atoms with Gasteiger partial charge < -0.3 is 9.64 Å². The van der Waals surface area contributed by atoms with Gasteiger partial charge in [-0.3, -0.25) is 4.79 Å². The summed E-state index contributed by atoms with van der Waals surface area (Å²) in [7, 11) is 1.46. The van der Waals surface area contributed by atoms with Crippen molar-refractivity contribution in [1.82, 2.24) is 0 Å². The third-order valence-electron chi connectivity index (χ3n) is 3.74. The van der Waals surface area contributed by atoms with Gasteiger partial charge in [0.15, 0.2) is 0 Å². The molecule has 1 aliphatic rings. The molecular formula is C14H19NO2. The number of nitrogens with zero attached hydrogens (tertiary/aromatic N) is 1. The van der Waals surface area contributed by atoms with Crippen LogP contribution in [0.25, 0.3) is 0 Å². The van der Waals surface area contributed by atoms with Crippen LogP contribution in [-0.4, -0.2) is 25.2 Å². The van der Waals surface area contributed by atoms with Gasteiger partial charge in [-0.05, 0) is 32.4 Å². The Balaban J connectivity index is 2.26. The zero-order valence-corrected chi connectivity index (χ0v) is 10.6. The SMILES string of the molecule is COC(=O)C1CCN(c2ccccc2)C1(C)C. The molecule has 0 spiro atoms. The average molecular weight is 233 g/mol. The second-order valence-electron chi connectivity index (χ2n) is 5.01. The number of methoxy groups -OCH3 is 1. The lowest BCUT2D eigenvalue weighted by molar-refractivity contribution is -0.146. The van der Waals surface area contributed by atoms with Crippen molar-refractivity contribution in [3.05, 3.63) is 30.3 Å². The van der Waals surface area contributed by atoms with Gasteiger partial charge in [0.1, 0.15) is 0 Å². The summed E-state index contributed by atoms with van der Waals surface area (Å²) in [5.74, 6) is -0.152. The molecule has 1 aromatic rings. The number of benzene rings is 1. The molecule has 1 aliphatic heterocycles. The smallest absolute Gasteiger partial charge is 0.311 e. The third kappa shape index (κ3) is 2.02. The third-order valence-corrected chi connectivity index (χ3v) is 3.74. The number of ether oxygens (including phenoxy) is 1. The number of anilines is 1. The molecule has 1 unspecified atom stereocenters. The molecule has 17 heavy (non-hydrogen) atoms. The Morgan fingerprint density at radius 2 is 2.00 bits per heavy atom. The van der Waals surface area contributed by atoms with E-state index in [0.717, 1.165) is 13.0 Å². The summed E-state index contributed by atoms with van der Waals surface area (Å²) >= 11 is 0.